The Bertz CT molecular complexity index is 1380. The van der Waals surface area contributed by atoms with Gasteiger partial charge in [0.2, 0.25) is 12.7 Å². The molecule has 0 fully saturated rings. The lowest BCUT2D eigenvalue weighted by atomic mass is 10.2. The molecule has 0 spiro atoms. The molecular weight excluding hydrogens is 474 g/mol. The summed E-state index contributed by atoms with van der Waals surface area (Å²) in [4.78, 5) is 26.4. The molecule has 0 unspecified atom stereocenters. The van der Waals surface area contributed by atoms with Gasteiger partial charge in [-0.1, -0.05) is 12.1 Å². The first-order chi connectivity index (χ1) is 16.7. The van der Waals surface area contributed by atoms with Crippen LogP contribution in [0.3, 0.4) is 0 Å². The Morgan fingerprint density at radius 3 is 2.54 bits per heavy atom. The van der Waals surface area contributed by atoms with Gasteiger partial charge in [-0.15, -0.1) is 0 Å². The molecular formula is C24H23N3O7S. The highest BCUT2D eigenvalue weighted by molar-refractivity contribution is 7.92. The largest absolute Gasteiger partial charge is 0.497 e. The Morgan fingerprint density at radius 2 is 1.74 bits per heavy atom. The third kappa shape index (κ3) is 5.64. The smallest absolute Gasteiger partial charge is 0.261 e. The molecule has 10 nitrogen and oxygen atoms in total. The maximum absolute atomic E-state index is 12.9. The lowest BCUT2D eigenvalue weighted by molar-refractivity contribution is -0.116. The quantitative estimate of drug-likeness (QED) is 0.490. The fourth-order valence-corrected chi connectivity index (χ4v) is 4.47. The molecule has 2 N–H and O–H groups in total. The Kier molecular flexibility index (Phi) is 6.78. The number of nitrogens with one attached hydrogen (secondary N) is 2. The summed E-state index contributed by atoms with van der Waals surface area (Å²) < 4.78 is 43.9. The van der Waals surface area contributed by atoms with Crippen molar-refractivity contribution in [2.45, 2.75) is 4.90 Å². The molecule has 1 heterocycles. The highest BCUT2D eigenvalue weighted by Gasteiger charge is 2.21. The summed E-state index contributed by atoms with van der Waals surface area (Å²) >= 11 is 0. The van der Waals surface area contributed by atoms with E-state index in [1.165, 1.54) is 49.4 Å². The molecule has 1 aliphatic rings. The zero-order chi connectivity index (χ0) is 25.0. The number of carbonyl (C=O) groups is 2. The minimum absolute atomic E-state index is 0.0702. The number of carbonyl (C=O) groups excluding carboxylic acids is 2. The van der Waals surface area contributed by atoms with Crippen LogP contribution in [-0.4, -0.2) is 52.6 Å². The van der Waals surface area contributed by atoms with Crippen molar-refractivity contribution in [3.8, 4) is 17.2 Å². The standard InChI is InChI=1S/C24H23N3O7S/c1-27(14-23(28)25-17-6-4-7-19(12-17)32-2)24(29)16-5-3-8-20(11-16)35(30,31)26-18-9-10-21-22(13-18)34-15-33-21/h3-13,26H,14-15H2,1-2H3,(H,25,28). The van der Waals surface area contributed by atoms with Crippen molar-refractivity contribution >= 4 is 33.2 Å². The van der Waals surface area contributed by atoms with Crippen LogP contribution in [0.1, 0.15) is 10.4 Å². The fraction of sp³-hybridized carbons (Fsp3) is 0.167. The molecule has 0 aromatic heterocycles. The van der Waals surface area contributed by atoms with Crippen molar-refractivity contribution in [3.05, 3.63) is 72.3 Å². The molecule has 3 aromatic carbocycles. The summed E-state index contributed by atoms with van der Waals surface area (Å²) in [6.07, 6.45) is 0. The van der Waals surface area contributed by atoms with E-state index in [0.29, 0.717) is 22.9 Å². The van der Waals surface area contributed by atoms with Gasteiger partial charge in [-0.3, -0.25) is 14.3 Å². The normalized spacial score (nSPS) is 12.1. The number of hydrogen-bond acceptors (Lipinski definition) is 7. The van der Waals surface area contributed by atoms with Gasteiger partial charge >= 0.3 is 0 Å². The lowest BCUT2D eigenvalue weighted by Crippen LogP contribution is -2.35. The molecule has 4 rings (SSSR count). The predicted octanol–water partition coefficient (Wildman–Crippen LogP) is 2.94. The van der Waals surface area contributed by atoms with E-state index in [9.17, 15) is 18.0 Å². The molecule has 0 radical (unpaired) electrons. The minimum Gasteiger partial charge on any atom is -0.497 e. The summed E-state index contributed by atoms with van der Waals surface area (Å²) in [5, 5.41) is 2.70. The highest BCUT2D eigenvalue weighted by Crippen LogP contribution is 2.34. The average Bonchev–Trinajstić information content (AvgIpc) is 3.31. The number of amides is 2. The van der Waals surface area contributed by atoms with E-state index in [1.807, 2.05) is 0 Å². The Morgan fingerprint density at radius 1 is 0.971 bits per heavy atom. The third-order valence-corrected chi connectivity index (χ3v) is 6.48. The third-order valence-electron chi connectivity index (χ3n) is 5.10. The van der Waals surface area contributed by atoms with E-state index in [0.717, 1.165) is 0 Å². The van der Waals surface area contributed by atoms with Gasteiger partial charge in [0.15, 0.2) is 11.5 Å². The summed E-state index contributed by atoms with van der Waals surface area (Å²) in [7, 11) is -1.01. The number of methoxy groups -OCH3 is 1. The van der Waals surface area contributed by atoms with Crippen molar-refractivity contribution in [1.82, 2.24) is 4.90 Å². The first kappa shape index (κ1) is 23.9. The number of nitrogens with zero attached hydrogens (tertiary/aromatic N) is 1. The summed E-state index contributed by atoms with van der Waals surface area (Å²) in [6.45, 7) is -0.163. The lowest BCUT2D eigenvalue weighted by Gasteiger charge is -2.17. The maximum atomic E-state index is 12.9. The van der Waals surface area contributed by atoms with E-state index in [1.54, 1.807) is 36.4 Å². The topological polar surface area (TPSA) is 123 Å². The van der Waals surface area contributed by atoms with E-state index < -0.39 is 21.8 Å². The Hall–Kier alpha value is -4.25. The number of fused-ring (bicyclic) bond motifs is 1. The first-order valence-corrected chi connectivity index (χ1v) is 12.0. The van der Waals surface area contributed by atoms with Gasteiger partial charge < -0.3 is 24.4 Å². The zero-order valence-electron chi connectivity index (χ0n) is 19.0. The predicted molar refractivity (Wildman–Crippen MR) is 128 cm³/mol. The van der Waals surface area contributed by atoms with Crippen LogP contribution >= 0.6 is 0 Å². The van der Waals surface area contributed by atoms with Crippen LogP contribution < -0.4 is 24.2 Å². The molecule has 35 heavy (non-hydrogen) atoms. The van der Waals surface area contributed by atoms with Crippen LogP contribution in [0.5, 0.6) is 17.2 Å². The van der Waals surface area contributed by atoms with Crippen molar-refractivity contribution in [1.29, 1.82) is 0 Å². The summed E-state index contributed by atoms with van der Waals surface area (Å²) in [5.74, 6) is 0.620. The molecule has 0 aliphatic carbocycles. The van der Waals surface area contributed by atoms with E-state index in [-0.39, 0.29) is 29.5 Å². The second-order valence-corrected chi connectivity index (χ2v) is 9.33. The molecule has 0 saturated heterocycles. The number of likely N-dealkylation sites (N-methyl/N-ethyl adjacent to an activating group) is 1. The van der Waals surface area contributed by atoms with Gasteiger partial charge in [-0.2, -0.15) is 0 Å². The van der Waals surface area contributed by atoms with Gasteiger partial charge in [-0.05, 0) is 42.5 Å². The van der Waals surface area contributed by atoms with Crippen molar-refractivity contribution in [2.75, 3.05) is 37.5 Å². The van der Waals surface area contributed by atoms with E-state index >= 15 is 0 Å². The van der Waals surface area contributed by atoms with Gasteiger partial charge in [0.25, 0.3) is 15.9 Å². The van der Waals surface area contributed by atoms with Gasteiger partial charge in [0.1, 0.15) is 5.75 Å². The van der Waals surface area contributed by atoms with E-state index in [2.05, 4.69) is 10.0 Å². The van der Waals surface area contributed by atoms with Crippen LogP contribution in [0.15, 0.2) is 71.6 Å². The first-order valence-electron chi connectivity index (χ1n) is 10.5. The van der Waals surface area contributed by atoms with Crippen LogP contribution in [0, 0.1) is 0 Å². The number of hydrogen-bond donors (Lipinski definition) is 2. The second-order valence-electron chi connectivity index (χ2n) is 7.64. The van der Waals surface area contributed by atoms with Crippen LogP contribution in [0.2, 0.25) is 0 Å². The zero-order valence-corrected chi connectivity index (χ0v) is 19.8. The molecule has 3 aromatic rings. The van der Waals surface area contributed by atoms with Crippen LogP contribution in [0.25, 0.3) is 0 Å². The number of anilines is 2. The van der Waals surface area contributed by atoms with Crippen molar-refractivity contribution in [3.63, 3.8) is 0 Å². The molecule has 0 bridgehead atoms. The molecule has 2 amide bonds. The van der Waals surface area contributed by atoms with E-state index in [4.69, 9.17) is 14.2 Å². The molecule has 0 atom stereocenters. The molecule has 1 aliphatic heterocycles. The molecule has 182 valence electrons. The van der Waals surface area contributed by atoms with Gasteiger partial charge in [0, 0.05) is 30.4 Å². The summed E-state index contributed by atoms with van der Waals surface area (Å²) in [5.41, 5.74) is 0.936. The highest BCUT2D eigenvalue weighted by atomic mass is 32.2. The SMILES string of the molecule is COc1cccc(NC(=O)CN(C)C(=O)c2cccc(S(=O)(=O)Nc3ccc4c(c3)OCO4)c2)c1. The Labute approximate surface area is 202 Å². The maximum Gasteiger partial charge on any atom is 0.261 e. The second kappa shape index (κ2) is 9.94. The number of rotatable bonds is 8. The van der Waals surface area contributed by atoms with Gasteiger partial charge in [0.05, 0.1) is 24.2 Å². The Balaban J connectivity index is 1.43. The number of sulfonamides is 1. The molecule has 0 saturated carbocycles. The summed E-state index contributed by atoms with van der Waals surface area (Å²) in [6, 6.07) is 17.1. The fourth-order valence-electron chi connectivity index (χ4n) is 3.38. The average molecular weight is 498 g/mol. The number of benzene rings is 3. The monoisotopic (exact) mass is 497 g/mol. The van der Waals surface area contributed by atoms with Crippen molar-refractivity contribution < 1.29 is 32.2 Å². The van der Waals surface area contributed by atoms with Gasteiger partial charge in [-0.25, -0.2) is 8.42 Å². The van der Waals surface area contributed by atoms with Crippen LogP contribution in [0.4, 0.5) is 11.4 Å². The molecule has 11 heteroatoms. The van der Waals surface area contributed by atoms with Crippen LogP contribution in [-0.2, 0) is 14.8 Å². The number of ether oxygens (including phenoxy) is 3. The minimum atomic E-state index is -3.99. The van der Waals surface area contributed by atoms with Crippen molar-refractivity contribution in [2.24, 2.45) is 0 Å².